The smallest absolute Gasteiger partial charge is 0.369 e. The van der Waals surface area contributed by atoms with Gasteiger partial charge in [0.15, 0.2) is 0 Å². The third-order valence-electron chi connectivity index (χ3n) is 8.39. The molecule has 16 heteroatoms. The molecule has 7 nitrogen and oxygen atoms in total. The maximum atomic E-state index is 13.5. The van der Waals surface area contributed by atoms with Gasteiger partial charge in [-0.1, -0.05) is 47.5 Å². The van der Waals surface area contributed by atoms with Gasteiger partial charge in [-0.2, -0.15) is 26.3 Å². The van der Waals surface area contributed by atoms with Crippen LogP contribution >= 0.6 is 23.2 Å². The predicted octanol–water partition coefficient (Wildman–Crippen LogP) is 7.71. The number of rotatable bonds is 11. The molecule has 49 heavy (non-hydrogen) atoms. The molecule has 3 aromatic carbocycles. The lowest BCUT2D eigenvalue weighted by atomic mass is 9.94. The quantitative estimate of drug-likeness (QED) is 0.203. The van der Waals surface area contributed by atoms with Crippen LogP contribution in [0.5, 0.6) is 0 Å². The average molecular weight is 754 g/mol. The van der Waals surface area contributed by atoms with Crippen molar-refractivity contribution in [2.24, 2.45) is 0 Å². The Labute approximate surface area is 291 Å². The van der Waals surface area contributed by atoms with Crippen molar-refractivity contribution in [1.82, 2.24) is 14.5 Å². The molecule has 1 amide bonds. The second kappa shape index (κ2) is 15.5. The topological polar surface area (TPSA) is 73.0 Å². The van der Waals surface area contributed by atoms with E-state index in [9.17, 15) is 39.6 Å². The first kappa shape index (κ1) is 38.8. The Morgan fingerprint density at radius 2 is 1.49 bits per heavy atom. The first-order valence-corrected chi connectivity index (χ1v) is 17.9. The zero-order valence-corrected chi connectivity index (χ0v) is 29.2. The van der Waals surface area contributed by atoms with Crippen molar-refractivity contribution < 1.29 is 39.6 Å². The SMILES string of the molecule is C[C@@H](NS(C)(=O)=O)c1ccccc1N1CCN(CC[C@H](CN(C)C(=O)c2cc(C(F)(F)F)cc(C(F)(F)F)c2)c2ccc(Cl)c(Cl)c2)CC1. The highest BCUT2D eigenvalue weighted by molar-refractivity contribution is 7.88. The van der Waals surface area contributed by atoms with E-state index in [1.165, 1.54) is 7.05 Å². The molecule has 0 saturated carbocycles. The number of alkyl halides is 6. The summed E-state index contributed by atoms with van der Waals surface area (Å²) in [4.78, 5) is 18.8. The summed E-state index contributed by atoms with van der Waals surface area (Å²) in [6.45, 7) is 4.95. The van der Waals surface area contributed by atoms with Crippen molar-refractivity contribution in [1.29, 1.82) is 0 Å². The van der Waals surface area contributed by atoms with Gasteiger partial charge >= 0.3 is 12.4 Å². The Kier molecular flexibility index (Phi) is 12.2. The van der Waals surface area contributed by atoms with Crippen molar-refractivity contribution in [2.75, 3.05) is 57.5 Å². The molecule has 0 unspecified atom stereocenters. The van der Waals surface area contributed by atoms with Gasteiger partial charge in [0.1, 0.15) is 0 Å². The number of likely N-dealkylation sites (N-methyl/N-ethyl adjacent to an activating group) is 1. The summed E-state index contributed by atoms with van der Waals surface area (Å²) in [5.41, 5.74) is -1.39. The summed E-state index contributed by atoms with van der Waals surface area (Å²) in [5, 5.41) is 0.562. The van der Waals surface area contributed by atoms with Crippen LogP contribution in [0.1, 0.15) is 57.9 Å². The molecule has 4 rings (SSSR count). The van der Waals surface area contributed by atoms with Crippen molar-refractivity contribution >= 4 is 44.8 Å². The number of para-hydroxylation sites is 1. The first-order chi connectivity index (χ1) is 22.7. The summed E-state index contributed by atoms with van der Waals surface area (Å²) in [5.74, 6) is -1.38. The van der Waals surface area contributed by atoms with Gasteiger partial charge in [0.2, 0.25) is 10.0 Å². The monoisotopic (exact) mass is 752 g/mol. The first-order valence-electron chi connectivity index (χ1n) is 15.3. The van der Waals surface area contributed by atoms with Crippen LogP contribution in [0.4, 0.5) is 32.0 Å². The molecule has 1 saturated heterocycles. The van der Waals surface area contributed by atoms with Crippen LogP contribution in [0.3, 0.4) is 0 Å². The van der Waals surface area contributed by atoms with Crippen LogP contribution in [0.15, 0.2) is 60.7 Å². The van der Waals surface area contributed by atoms with E-state index in [1.807, 2.05) is 24.3 Å². The number of anilines is 1. The highest BCUT2D eigenvalue weighted by Gasteiger charge is 2.38. The van der Waals surface area contributed by atoms with Gasteiger partial charge in [-0.3, -0.25) is 9.69 Å². The van der Waals surface area contributed by atoms with E-state index in [4.69, 9.17) is 23.2 Å². The molecule has 1 N–H and O–H groups in total. The molecule has 268 valence electrons. The Morgan fingerprint density at radius 1 is 0.898 bits per heavy atom. The van der Waals surface area contributed by atoms with E-state index in [0.717, 1.165) is 22.4 Å². The maximum absolute atomic E-state index is 13.5. The standard InChI is InChI=1S/C33H36Cl2F6N4O3S/c1-21(42-49(3,47)48)27-6-4-5-7-30(27)45-14-12-44(13-15-45)11-10-23(22-8-9-28(34)29(35)18-22)20-43(2)31(46)24-16-25(32(36,37)38)19-26(17-24)33(39,40)41/h4-9,16-19,21,23,42H,10-15,20H2,1-3H3/t21-,23-/m1/s1. The fourth-order valence-electron chi connectivity index (χ4n) is 5.92. The van der Waals surface area contributed by atoms with Crippen LogP contribution in [-0.4, -0.2) is 76.7 Å². The van der Waals surface area contributed by atoms with Crippen molar-refractivity contribution in [3.63, 3.8) is 0 Å². The van der Waals surface area contributed by atoms with Gasteiger partial charge < -0.3 is 9.80 Å². The van der Waals surface area contributed by atoms with Crippen LogP contribution < -0.4 is 9.62 Å². The number of carbonyl (C=O) groups excluding carboxylic acids is 1. The van der Waals surface area contributed by atoms with Gasteiger partial charge in [0.25, 0.3) is 5.91 Å². The average Bonchev–Trinajstić information content (AvgIpc) is 3.02. The zero-order chi connectivity index (χ0) is 36.3. The Balaban J connectivity index is 1.49. The Bertz CT molecular complexity index is 1720. The van der Waals surface area contributed by atoms with Crippen LogP contribution in [0.25, 0.3) is 0 Å². The second-order valence-electron chi connectivity index (χ2n) is 12.1. The van der Waals surface area contributed by atoms with Crippen molar-refractivity contribution in [3.8, 4) is 0 Å². The van der Waals surface area contributed by atoms with E-state index in [2.05, 4.69) is 14.5 Å². The minimum Gasteiger partial charge on any atom is -0.369 e. The highest BCUT2D eigenvalue weighted by atomic mass is 35.5. The summed E-state index contributed by atoms with van der Waals surface area (Å²) in [7, 11) is -2.09. The molecule has 1 fully saturated rings. The number of nitrogens with one attached hydrogen (secondary N) is 1. The normalized spacial score (nSPS) is 16.0. The maximum Gasteiger partial charge on any atom is 0.416 e. The molecule has 1 aliphatic rings. The van der Waals surface area contributed by atoms with Gasteiger partial charge in [-0.15, -0.1) is 0 Å². The predicted molar refractivity (Wildman–Crippen MR) is 179 cm³/mol. The third kappa shape index (κ3) is 10.5. The van der Waals surface area contributed by atoms with Crippen LogP contribution in [0.2, 0.25) is 10.0 Å². The van der Waals surface area contributed by atoms with E-state index < -0.39 is 56.9 Å². The lowest BCUT2D eigenvalue weighted by Gasteiger charge is -2.38. The number of piperazine rings is 1. The molecular formula is C33H36Cl2F6N4O3S. The van der Waals surface area contributed by atoms with E-state index in [1.54, 1.807) is 25.1 Å². The number of carbonyl (C=O) groups is 1. The zero-order valence-electron chi connectivity index (χ0n) is 26.9. The molecular weight excluding hydrogens is 717 g/mol. The van der Waals surface area contributed by atoms with Crippen LogP contribution in [-0.2, 0) is 22.4 Å². The van der Waals surface area contributed by atoms with E-state index >= 15 is 0 Å². The van der Waals surface area contributed by atoms with Gasteiger partial charge in [0, 0.05) is 63.0 Å². The molecule has 0 aromatic heterocycles. The number of halogens is 8. The van der Waals surface area contributed by atoms with E-state index in [0.29, 0.717) is 61.9 Å². The summed E-state index contributed by atoms with van der Waals surface area (Å²) < 4.78 is 107. The molecule has 0 bridgehead atoms. The third-order valence-corrected chi connectivity index (χ3v) is 9.91. The van der Waals surface area contributed by atoms with Crippen molar-refractivity contribution in [3.05, 3.63) is 98.5 Å². The summed E-state index contributed by atoms with van der Waals surface area (Å²) >= 11 is 12.4. The lowest BCUT2D eigenvalue weighted by Crippen LogP contribution is -2.47. The molecule has 2 atom stereocenters. The Hall–Kier alpha value is -3.04. The van der Waals surface area contributed by atoms with E-state index in [-0.39, 0.29) is 17.6 Å². The number of benzene rings is 3. The molecule has 1 heterocycles. The number of amides is 1. The number of nitrogens with zero attached hydrogens (tertiary/aromatic N) is 3. The highest BCUT2D eigenvalue weighted by Crippen LogP contribution is 2.37. The van der Waals surface area contributed by atoms with Crippen molar-refractivity contribution in [2.45, 2.75) is 37.7 Å². The molecule has 0 aliphatic carbocycles. The largest absolute Gasteiger partial charge is 0.416 e. The van der Waals surface area contributed by atoms with Gasteiger partial charge in [0.05, 0.1) is 27.4 Å². The van der Waals surface area contributed by atoms with Crippen LogP contribution in [0, 0.1) is 0 Å². The minimum absolute atomic E-state index is 0.0132. The molecule has 0 radical (unpaired) electrons. The summed E-state index contributed by atoms with van der Waals surface area (Å²) in [6.07, 6.45) is -8.58. The minimum atomic E-state index is -5.09. The number of hydrogen-bond acceptors (Lipinski definition) is 5. The Morgan fingerprint density at radius 3 is 2.04 bits per heavy atom. The fourth-order valence-corrected chi connectivity index (χ4v) is 6.99. The molecule has 1 aliphatic heterocycles. The second-order valence-corrected chi connectivity index (χ2v) is 14.7. The van der Waals surface area contributed by atoms with Gasteiger partial charge in [-0.05, 0) is 67.4 Å². The van der Waals surface area contributed by atoms with Gasteiger partial charge in [-0.25, -0.2) is 13.1 Å². The number of sulfonamides is 1. The fraction of sp³-hybridized carbons (Fsp3) is 0.424. The molecule has 3 aromatic rings. The molecule has 0 spiro atoms. The lowest BCUT2D eigenvalue weighted by molar-refractivity contribution is -0.143. The number of hydrogen-bond donors (Lipinski definition) is 1. The summed E-state index contributed by atoms with van der Waals surface area (Å²) in [6, 6.07) is 12.9.